The number of rotatable bonds is 6. The molecular formula is C23H32N4O3. The van der Waals surface area contributed by atoms with Crippen molar-refractivity contribution in [3.63, 3.8) is 0 Å². The molecule has 7 heteroatoms. The molecule has 1 aromatic heterocycles. The minimum absolute atomic E-state index is 0.0160. The molecule has 0 aliphatic carbocycles. The zero-order chi connectivity index (χ0) is 21.3. The highest BCUT2D eigenvalue weighted by atomic mass is 16.2. The first-order valence-electron chi connectivity index (χ1n) is 11.0. The lowest BCUT2D eigenvalue weighted by Crippen LogP contribution is -2.52. The number of nitrogens with zero attached hydrogens (tertiary/aromatic N) is 2. The van der Waals surface area contributed by atoms with E-state index in [1.54, 1.807) is 6.07 Å². The first kappa shape index (κ1) is 20.8. The number of nitrogens with one attached hydrogen (secondary N) is 2. The third kappa shape index (κ3) is 4.51. The Morgan fingerprint density at radius 2 is 2.10 bits per heavy atom. The number of carbonyl (C=O) groups excluding carboxylic acids is 2. The summed E-state index contributed by atoms with van der Waals surface area (Å²) < 4.78 is 1.93. The van der Waals surface area contributed by atoms with Crippen molar-refractivity contribution in [2.24, 2.45) is 5.92 Å². The van der Waals surface area contributed by atoms with Crippen LogP contribution >= 0.6 is 0 Å². The summed E-state index contributed by atoms with van der Waals surface area (Å²) >= 11 is 0. The lowest BCUT2D eigenvalue weighted by molar-refractivity contribution is -0.122. The lowest BCUT2D eigenvalue weighted by atomic mass is 9.78. The van der Waals surface area contributed by atoms with Gasteiger partial charge >= 0.3 is 0 Å². The molecule has 7 nitrogen and oxygen atoms in total. The minimum atomic E-state index is -0.0718. The predicted molar refractivity (Wildman–Crippen MR) is 115 cm³/mol. The predicted octanol–water partition coefficient (Wildman–Crippen LogP) is 1.56. The average Bonchev–Trinajstić information content (AvgIpc) is 3.11. The van der Waals surface area contributed by atoms with E-state index in [-0.39, 0.29) is 29.5 Å². The fraction of sp³-hybridized carbons (Fsp3) is 0.609. The zero-order valence-electron chi connectivity index (χ0n) is 17.9. The standard InChI is InChI=1S/C23H32N4O3/c1-15(2)8-9-26-13-16-10-17(14-26)20(27-19(16)4-3-5-23(27)30)12-24-22(29)11-18-6-7-21(28)25-18/h3-5,8,16-18,20H,6-7,9-14H2,1-2H3,(H,24,29)(H,25,28)/t16-,17+,18-,20+/m1/s1. The highest BCUT2D eigenvalue weighted by molar-refractivity contribution is 5.81. The Morgan fingerprint density at radius 3 is 2.83 bits per heavy atom. The molecule has 0 radical (unpaired) electrons. The normalized spacial score (nSPS) is 27.9. The van der Waals surface area contributed by atoms with E-state index >= 15 is 0 Å². The van der Waals surface area contributed by atoms with Crippen molar-refractivity contribution in [1.29, 1.82) is 0 Å². The number of allylic oxidation sites excluding steroid dienone is 1. The highest BCUT2D eigenvalue weighted by Gasteiger charge is 2.40. The Hall–Kier alpha value is -2.41. The first-order valence-corrected chi connectivity index (χ1v) is 11.0. The maximum atomic E-state index is 12.7. The quantitative estimate of drug-likeness (QED) is 0.695. The van der Waals surface area contributed by atoms with Crippen LogP contribution in [0.1, 0.15) is 57.2 Å². The smallest absolute Gasteiger partial charge is 0.251 e. The van der Waals surface area contributed by atoms with Gasteiger partial charge in [-0.05, 0) is 38.7 Å². The maximum Gasteiger partial charge on any atom is 0.251 e. The van der Waals surface area contributed by atoms with Gasteiger partial charge in [-0.2, -0.15) is 0 Å². The van der Waals surface area contributed by atoms with Crippen molar-refractivity contribution in [1.82, 2.24) is 20.1 Å². The summed E-state index contributed by atoms with van der Waals surface area (Å²) in [6, 6.07) is 5.42. The van der Waals surface area contributed by atoms with E-state index in [1.165, 1.54) is 5.57 Å². The molecule has 2 fully saturated rings. The summed E-state index contributed by atoms with van der Waals surface area (Å²) in [7, 11) is 0. The molecule has 2 saturated heterocycles. The Morgan fingerprint density at radius 1 is 1.27 bits per heavy atom. The van der Waals surface area contributed by atoms with Crippen LogP contribution in [0, 0.1) is 5.92 Å². The van der Waals surface area contributed by atoms with Crippen LogP contribution in [0.3, 0.4) is 0 Å². The second-order valence-electron chi connectivity index (χ2n) is 9.23. The summed E-state index contributed by atoms with van der Waals surface area (Å²) in [5.41, 5.74) is 2.41. The third-order valence-electron chi connectivity index (χ3n) is 6.66. The van der Waals surface area contributed by atoms with Gasteiger partial charge in [-0.1, -0.05) is 17.7 Å². The molecule has 162 valence electrons. The molecule has 0 saturated carbocycles. The molecule has 3 aliphatic rings. The van der Waals surface area contributed by atoms with Gasteiger partial charge in [0.25, 0.3) is 5.56 Å². The third-order valence-corrected chi connectivity index (χ3v) is 6.66. The average molecular weight is 413 g/mol. The number of likely N-dealkylation sites (tertiary alicyclic amines) is 1. The van der Waals surface area contributed by atoms with Gasteiger partial charge in [0.15, 0.2) is 0 Å². The number of fused-ring (bicyclic) bond motifs is 4. The summed E-state index contributed by atoms with van der Waals surface area (Å²) in [6.07, 6.45) is 4.81. The molecule has 0 spiro atoms. The molecule has 4 rings (SSSR count). The molecule has 0 aromatic carbocycles. The second kappa shape index (κ2) is 8.76. The van der Waals surface area contributed by atoms with E-state index in [9.17, 15) is 14.4 Å². The molecule has 0 unspecified atom stereocenters. The number of pyridine rings is 1. The summed E-state index contributed by atoms with van der Waals surface area (Å²) in [5.74, 6) is 0.634. The number of hydrogen-bond donors (Lipinski definition) is 2. The van der Waals surface area contributed by atoms with E-state index in [0.717, 1.165) is 31.7 Å². The van der Waals surface area contributed by atoms with Crippen LogP contribution in [0.15, 0.2) is 34.6 Å². The first-order chi connectivity index (χ1) is 14.4. The molecule has 2 bridgehead atoms. The number of amides is 2. The van der Waals surface area contributed by atoms with Gasteiger partial charge in [0.1, 0.15) is 0 Å². The molecule has 1 aromatic rings. The molecule has 30 heavy (non-hydrogen) atoms. The molecule has 3 aliphatic heterocycles. The van der Waals surface area contributed by atoms with Crippen LogP contribution in [-0.4, -0.2) is 53.5 Å². The van der Waals surface area contributed by atoms with Crippen molar-refractivity contribution < 1.29 is 9.59 Å². The molecule has 4 heterocycles. The fourth-order valence-electron chi connectivity index (χ4n) is 5.20. The number of piperidine rings is 1. The zero-order valence-corrected chi connectivity index (χ0v) is 17.9. The summed E-state index contributed by atoms with van der Waals surface area (Å²) in [6.45, 7) is 7.50. The molecule has 4 atom stereocenters. The van der Waals surface area contributed by atoms with Crippen molar-refractivity contribution in [2.75, 3.05) is 26.2 Å². The summed E-state index contributed by atoms with van der Waals surface area (Å²) in [4.78, 5) is 39.1. The Bertz CT molecular complexity index is 902. The van der Waals surface area contributed by atoms with Crippen LogP contribution in [0.25, 0.3) is 0 Å². The molecular weight excluding hydrogens is 380 g/mol. The van der Waals surface area contributed by atoms with Crippen molar-refractivity contribution in [3.05, 3.63) is 45.9 Å². The van der Waals surface area contributed by atoms with Gasteiger partial charge < -0.3 is 15.2 Å². The van der Waals surface area contributed by atoms with Crippen LogP contribution in [0.4, 0.5) is 0 Å². The highest BCUT2D eigenvalue weighted by Crippen LogP contribution is 2.40. The van der Waals surface area contributed by atoms with Crippen LogP contribution in [0.2, 0.25) is 0 Å². The topological polar surface area (TPSA) is 83.4 Å². The van der Waals surface area contributed by atoms with Gasteiger partial charge in [-0.3, -0.25) is 19.3 Å². The van der Waals surface area contributed by atoms with Crippen molar-refractivity contribution in [2.45, 2.75) is 57.5 Å². The number of aromatic nitrogens is 1. The van der Waals surface area contributed by atoms with Crippen molar-refractivity contribution >= 4 is 11.8 Å². The second-order valence-corrected chi connectivity index (χ2v) is 9.23. The number of hydrogen-bond acceptors (Lipinski definition) is 4. The van der Waals surface area contributed by atoms with E-state index in [2.05, 4.69) is 41.5 Å². The van der Waals surface area contributed by atoms with Crippen LogP contribution in [-0.2, 0) is 9.59 Å². The van der Waals surface area contributed by atoms with Gasteiger partial charge in [0.05, 0.1) is 6.04 Å². The molecule has 2 amide bonds. The van der Waals surface area contributed by atoms with Gasteiger partial charge in [-0.15, -0.1) is 0 Å². The lowest BCUT2D eigenvalue weighted by Gasteiger charge is -2.47. The minimum Gasteiger partial charge on any atom is -0.354 e. The van der Waals surface area contributed by atoms with Crippen LogP contribution < -0.4 is 16.2 Å². The summed E-state index contributed by atoms with van der Waals surface area (Å²) in [5, 5.41) is 5.89. The number of carbonyl (C=O) groups is 2. The van der Waals surface area contributed by atoms with Crippen LogP contribution in [0.5, 0.6) is 0 Å². The Balaban J connectivity index is 1.49. The monoisotopic (exact) mass is 412 g/mol. The van der Waals surface area contributed by atoms with E-state index in [4.69, 9.17) is 0 Å². The van der Waals surface area contributed by atoms with Gasteiger partial charge in [0, 0.05) is 62.7 Å². The van der Waals surface area contributed by atoms with E-state index in [1.807, 2.05) is 10.6 Å². The van der Waals surface area contributed by atoms with E-state index < -0.39 is 0 Å². The maximum absolute atomic E-state index is 12.7. The van der Waals surface area contributed by atoms with Gasteiger partial charge in [0.2, 0.25) is 11.8 Å². The fourth-order valence-corrected chi connectivity index (χ4v) is 5.20. The van der Waals surface area contributed by atoms with E-state index in [0.29, 0.717) is 37.6 Å². The SMILES string of the molecule is CC(C)=CCN1C[C@H]2C[C@@H](C1)[C@H](CNC(=O)C[C@H]1CCC(=O)N1)n1c2cccc1=O. The molecule has 2 N–H and O–H groups in total. The van der Waals surface area contributed by atoms with Crippen molar-refractivity contribution in [3.8, 4) is 0 Å². The Labute approximate surface area is 177 Å². The largest absolute Gasteiger partial charge is 0.354 e. The van der Waals surface area contributed by atoms with Gasteiger partial charge in [-0.25, -0.2) is 0 Å². The Kier molecular flexibility index (Phi) is 6.09.